The van der Waals surface area contributed by atoms with Crippen LogP contribution < -0.4 is 0 Å². The third kappa shape index (κ3) is 4.42. The van der Waals surface area contributed by atoms with Gasteiger partial charge in [-0.3, -0.25) is 4.79 Å². The maximum Gasteiger partial charge on any atom is 0.225 e. The van der Waals surface area contributed by atoms with Gasteiger partial charge in [-0.25, -0.2) is 4.98 Å². The van der Waals surface area contributed by atoms with Crippen LogP contribution in [0, 0.1) is 6.92 Å². The van der Waals surface area contributed by atoms with Gasteiger partial charge < -0.3 is 9.64 Å². The molecule has 1 saturated heterocycles. The number of amides is 1. The molecule has 1 aromatic heterocycles. The summed E-state index contributed by atoms with van der Waals surface area (Å²) < 4.78 is 5.67. The zero-order chi connectivity index (χ0) is 16.8. The zero-order valence-electron chi connectivity index (χ0n) is 14.1. The molecule has 128 valence electrons. The van der Waals surface area contributed by atoms with Crippen LogP contribution >= 0.6 is 11.3 Å². The Balaban J connectivity index is 1.51. The molecule has 2 aromatic rings. The Hall–Kier alpha value is -1.72. The molecular formula is C19H24N2O2S. The summed E-state index contributed by atoms with van der Waals surface area (Å²) in [6, 6.07) is 10.2. The van der Waals surface area contributed by atoms with Crippen LogP contribution in [0.25, 0.3) is 0 Å². The average Bonchev–Trinajstić information content (AvgIpc) is 3.06. The largest absolute Gasteiger partial charge is 0.376 e. The molecule has 0 spiro atoms. The predicted molar refractivity (Wildman–Crippen MR) is 95.9 cm³/mol. The smallest absolute Gasteiger partial charge is 0.225 e. The predicted octanol–water partition coefficient (Wildman–Crippen LogP) is 4.11. The minimum absolute atomic E-state index is 0.152. The standard InChI is InChI=1S/C19H24N2O2S/c1-15-14-24-19(20-15)17-9-5-6-11-21(17)18(22)10-12-23-13-16-7-3-2-4-8-16/h2-4,7-8,14,17H,5-6,9-13H2,1H3/t17-/m1/s1. The van der Waals surface area contributed by atoms with Crippen molar-refractivity contribution in [2.45, 2.75) is 45.3 Å². The minimum atomic E-state index is 0.152. The lowest BCUT2D eigenvalue weighted by atomic mass is 10.0. The highest BCUT2D eigenvalue weighted by Gasteiger charge is 2.29. The minimum Gasteiger partial charge on any atom is -0.376 e. The molecule has 1 aromatic carbocycles. The Bertz CT molecular complexity index is 656. The molecule has 1 aliphatic rings. The van der Waals surface area contributed by atoms with Crippen LogP contribution in [0.15, 0.2) is 35.7 Å². The van der Waals surface area contributed by atoms with Crippen LogP contribution in [0.3, 0.4) is 0 Å². The maximum atomic E-state index is 12.6. The Morgan fingerprint density at radius 1 is 1.33 bits per heavy atom. The molecule has 1 atom stereocenters. The number of likely N-dealkylation sites (tertiary alicyclic amines) is 1. The van der Waals surface area contributed by atoms with Crippen molar-refractivity contribution in [3.63, 3.8) is 0 Å². The van der Waals surface area contributed by atoms with Crippen LogP contribution in [-0.2, 0) is 16.1 Å². The molecule has 1 aliphatic heterocycles. The molecule has 0 saturated carbocycles. The van der Waals surface area contributed by atoms with E-state index in [2.05, 4.69) is 10.4 Å². The molecule has 0 unspecified atom stereocenters. The van der Waals surface area contributed by atoms with E-state index in [-0.39, 0.29) is 11.9 Å². The summed E-state index contributed by atoms with van der Waals surface area (Å²) in [6.07, 6.45) is 3.70. The Morgan fingerprint density at radius 3 is 2.92 bits per heavy atom. The summed E-state index contributed by atoms with van der Waals surface area (Å²) in [6.45, 7) is 3.87. The molecule has 5 heteroatoms. The van der Waals surface area contributed by atoms with Crippen molar-refractivity contribution in [3.8, 4) is 0 Å². The summed E-state index contributed by atoms with van der Waals surface area (Å²) in [4.78, 5) is 19.2. The number of piperidine rings is 1. The van der Waals surface area contributed by atoms with Gasteiger partial charge in [-0.1, -0.05) is 30.3 Å². The second kappa shape index (κ2) is 8.40. The first-order valence-electron chi connectivity index (χ1n) is 8.57. The maximum absolute atomic E-state index is 12.6. The first-order valence-corrected chi connectivity index (χ1v) is 9.45. The zero-order valence-corrected chi connectivity index (χ0v) is 14.9. The summed E-state index contributed by atoms with van der Waals surface area (Å²) in [7, 11) is 0. The molecule has 0 bridgehead atoms. The van der Waals surface area contributed by atoms with E-state index >= 15 is 0 Å². The van der Waals surface area contributed by atoms with Crippen LogP contribution in [-0.4, -0.2) is 28.9 Å². The molecular weight excluding hydrogens is 320 g/mol. The normalized spacial score (nSPS) is 17.9. The highest BCUT2D eigenvalue weighted by molar-refractivity contribution is 7.09. The number of thiazole rings is 1. The third-order valence-electron chi connectivity index (χ3n) is 4.32. The van der Waals surface area contributed by atoms with E-state index in [4.69, 9.17) is 4.74 Å². The van der Waals surface area contributed by atoms with Gasteiger partial charge in [-0.05, 0) is 31.7 Å². The van der Waals surface area contributed by atoms with Gasteiger partial charge in [0.25, 0.3) is 0 Å². The van der Waals surface area contributed by atoms with E-state index in [1.807, 2.05) is 42.2 Å². The van der Waals surface area contributed by atoms with Crippen molar-refractivity contribution in [1.82, 2.24) is 9.88 Å². The molecule has 24 heavy (non-hydrogen) atoms. The first-order chi connectivity index (χ1) is 11.7. The van der Waals surface area contributed by atoms with Crippen LogP contribution in [0.4, 0.5) is 0 Å². The van der Waals surface area contributed by atoms with E-state index < -0.39 is 0 Å². The summed E-state index contributed by atoms with van der Waals surface area (Å²) in [5, 5.41) is 3.14. The molecule has 0 aliphatic carbocycles. The second-order valence-corrected chi connectivity index (χ2v) is 7.10. The number of aromatic nitrogens is 1. The number of nitrogens with zero attached hydrogens (tertiary/aromatic N) is 2. The summed E-state index contributed by atoms with van der Waals surface area (Å²) in [5.74, 6) is 0.181. The van der Waals surface area contributed by atoms with Gasteiger partial charge in [-0.15, -0.1) is 11.3 Å². The number of ether oxygens (including phenoxy) is 1. The monoisotopic (exact) mass is 344 g/mol. The van der Waals surface area contributed by atoms with Gasteiger partial charge in [0.2, 0.25) is 5.91 Å². The van der Waals surface area contributed by atoms with Crippen molar-refractivity contribution < 1.29 is 9.53 Å². The lowest BCUT2D eigenvalue weighted by Gasteiger charge is -2.34. The molecule has 0 radical (unpaired) electrons. The fourth-order valence-corrected chi connectivity index (χ4v) is 4.02. The lowest BCUT2D eigenvalue weighted by molar-refractivity contribution is -0.136. The highest BCUT2D eigenvalue weighted by atomic mass is 32.1. The van der Waals surface area contributed by atoms with Crippen LogP contribution in [0.5, 0.6) is 0 Å². The van der Waals surface area contributed by atoms with E-state index in [0.29, 0.717) is 19.6 Å². The molecule has 1 fully saturated rings. The number of carbonyl (C=O) groups is 1. The first kappa shape index (κ1) is 17.1. The van der Waals surface area contributed by atoms with Gasteiger partial charge in [0.1, 0.15) is 5.01 Å². The summed E-state index contributed by atoms with van der Waals surface area (Å²) in [5.41, 5.74) is 2.18. The van der Waals surface area contributed by atoms with Crippen molar-refractivity contribution >= 4 is 17.2 Å². The molecule has 1 amide bonds. The third-order valence-corrected chi connectivity index (χ3v) is 5.38. The van der Waals surface area contributed by atoms with Gasteiger partial charge in [0.15, 0.2) is 0 Å². The highest BCUT2D eigenvalue weighted by Crippen LogP contribution is 2.33. The topological polar surface area (TPSA) is 42.4 Å². The molecule has 4 nitrogen and oxygen atoms in total. The van der Waals surface area contributed by atoms with Gasteiger partial charge in [-0.2, -0.15) is 0 Å². The summed E-state index contributed by atoms with van der Waals surface area (Å²) >= 11 is 1.67. The number of hydrogen-bond acceptors (Lipinski definition) is 4. The van der Waals surface area contributed by atoms with Crippen molar-refractivity contribution in [1.29, 1.82) is 0 Å². The Kier molecular flexibility index (Phi) is 5.99. The molecule has 2 heterocycles. The second-order valence-electron chi connectivity index (χ2n) is 6.21. The van der Waals surface area contributed by atoms with Crippen LogP contribution in [0.1, 0.15) is 48.0 Å². The Labute approximate surface area is 147 Å². The number of benzene rings is 1. The molecule has 3 rings (SSSR count). The van der Waals surface area contributed by atoms with Crippen molar-refractivity contribution in [3.05, 3.63) is 52.0 Å². The number of hydrogen-bond donors (Lipinski definition) is 0. The fourth-order valence-electron chi connectivity index (χ4n) is 3.08. The number of rotatable bonds is 6. The van der Waals surface area contributed by atoms with E-state index in [1.54, 1.807) is 11.3 Å². The number of carbonyl (C=O) groups excluding carboxylic acids is 1. The van der Waals surface area contributed by atoms with Crippen molar-refractivity contribution in [2.24, 2.45) is 0 Å². The van der Waals surface area contributed by atoms with Crippen molar-refractivity contribution in [2.75, 3.05) is 13.2 Å². The van der Waals surface area contributed by atoms with E-state index in [1.165, 1.54) is 0 Å². The van der Waals surface area contributed by atoms with Gasteiger partial charge in [0.05, 0.1) is 25.7 Å². The Morgan fingerprint density at radius 2 is 2.17 bits per heavy atom. The van der Waals surface area contributed by atoms with E-state index in [0.717, 1.165) is 42.1 Å². The van der Waals surface area contributed by atoms with Gasteiger partial charge >= 0.3 is 0 Å². The van der Waals surface area contributed by atoms with Gasteiger partial charge in [0, 0.05) is 17.6 Å². The lowest BCUT2D eigenvalue weighted by Crippen LogP contribution is -2.38. The molecule has 0 N–H and O–H groups in total. The fraction of sp³-hybridized carbons (Fsp3) is 0.474. The number of aryl methyl sites for hydroxylation is 1. The van der Waals surface area contributed by atoms with Crippen LogP contribution in [0.2, 0.25) is 0 Å². The average molecular weight is 344 g/mol. The van der Waals surface area contributed by atoms with E-state index in [9.17, 15) is 4.79 Å². The SMILES string of the molecule is Cc1csc([C@H]2CCCCN2C(=O)CCOCc2ccccc2)n1. The quantitative estimate of drug-likeness (QED) is 0.741.